The number of rotatable bonds is 7. The first-order valence-corrected chi connectivity index (χ1v) is 15.7. The molecule has 226 valence electrons. The molecule has 44 heavy (non-hydrogen) atoms. The summed E-state index contributed by atoms with van der Waals surface area (Å²) in [7, 11) is -4.45. The minimum Gasteiger partial charge on any atom is -0.322 e. The number of aryl methyl sites for hydroxylation is 1. The standard InChI is InChI=1S/C30H21F4N3O4S3/c1-4-19(35-27(38)20-14-18(30(32,33)34)8-10-21(20)31)9-5-16(3)28-36-22-12-7-17(13-24(22)42-28)29-37-23-11-6-15(2)26(25(23)43-29)44(39,40)41/h4-14H,1H2,2-3H3,(H,35,38)(H,39,40,41)/b16-5+,19-9+. The van der Waals surface area contributed by atoms with E-state index in [1.165, 1.54) is 23.5 Å². The van der Waals surface area contributed by atoms with Crippen molar-refractivity contribution in [2.75, 3.05) is 0 Å². The molecule has 2 heterocycles. The largest absolute Gasteiger partial charge is 0.416 e. The number of halogens is 4. The predicted molar refractivity (Wildman–Crippen MR) is 164 cm³/mol. The molecule has 0 fully saturated rings. The van der Waals surface area contributed by atoms with Gasteiger partial charge in [0.1, 0.15) is 20.7 Å². The highest BCUT2D eigenvalue weighted by Gasteiger charge is 2.32. The molecule has 0 aliphatic rings. The number of aromatic nitrogens is 2. The van der Waals surface area contributed by atoms with Gasteiger partial charge >= 0.3 is 6.18 Å². The van der Waals surface area contributed by atoms with E-state index in [2.05, 4.69) is 21.9 Å². The zero-order valence-electron chi connectivity index (χ0n) is 22.9. The molecule has 14 heteroatoms. The minimum absolute atomic E-state index is 0.130. The van der Waals surface area contributed by atoms with Crippen molar-refractivity contribution in [2.24, 2.45) is 0 Å². The van der Waals surface area contributed by atoms with Crippen LogP contribution in [0.5, 0.6) is 0 Å². The summed E-state index contributed by atoms with van der Waals surface area (Å²) in [5, 5.41) is 3.57. The van der Waals surface area contributed by atoms with Crippen molar-refractivity contribution in [3.05, 3.63) is 107 Å². The van der Waals surface area contributed by atoms with Gasteiger partial charge in [0.2, 0.25) is 0 Å². The Bertz CT molecular complexity index is 2150. The monoisotopic (exact) mass is 659 g/mol. The van der Waals surface area contributed by atoms with Gasteiger partial charge < -0.3 is 5.32 Å². The summed E-state index contributed by atoms with van der Waals surface area (Å²) in [6.07, 6.45) is -0.368. The fourth-order valence-corrected chi connectivity index (χ4v) is 7.55. The molecule has 2 N–H and O–H groups in total. The second-order valence-electron chi connectivity index (χ2n) is 9.58. The Labute approximate surface area is 256 Å². The van der Waals surface area contributed by atoms with Gasteiger partial charge in [-0.1, -0.05) is 18.7 Å². The Morgan fingerprint density at radius 2 is 1.75 bits per heavy atom. The molecule has 2 aromatic heterocycles. The third kappa shape index (κ3) is 6.33. The van der Waals surface area contributed by atoms with Gasteiger partial charge in [-0.3, -0.25) is 9.35 Å². The summed E-state index contributed by atoms with van der Waals surface area (Å²) >= 11 is 2.52. The molecule has 0 bridgehead atoms. The number of carbonyl (C=O) groups is 1. The average Bonchev–Trinajstić information content (AvgIpc) is 3.57. The lowest BCUT2D eigenvalue weighted by molar-refractivity contribution is -0.137. The number of nitrogens with one attached hydrogen (secondary N) is 1. The maximum Gasteiger partial charge on any atom is 0.416 e. The summed E-state index contributed by atoms with van der Waals surface area (Å²) in [5.41, 5.74) is 1.20. The molecular formula is C30H21F4N3O4S3. The van der Waals surface area contributed by atoms with Crippen LogP contribution in [0.1, 0.15) is 33.4 Å². The van der Waals surface area contributed by atoms with Crippen molar-refractivity contribution in [1.29, 1.82) is 0 Å². The molecule has 0 atom stereocenters. The maximum absolute atomic E-state index is 14.1. The van der Waals surface area contributed by atoms with Crippen molar-refractivity contribution >= 4 is 64.7 Å². The van der Waals surface area contributed by atoms with Crippen LogP contribution in [-0.4, -0.2) is 28.8 Å². The molecule has 0 saturated heterocycles. The Morgan fingerprint density at radius 3 is 2.43 bits per heavy atom. The van der Waals surface area contributed by atoms with E-state index in [9.17, 15) is 35.3 Å². The highest BCUT2D eigenvalue weighted by molar-refractivity contribution is 7.86. The summed E-state index contributed by atoms with van der Waals surface area (Å²) in [5.74, 6) is -2.16. The van der Waals surface area contributed by atoms with Crippen molar-refractivity contribution < 1.29 is 35.3 Å². The highest BCUT2D eigenvalue weighted by Crippen LogP contribution is 2.38. The number of fused-ring (bicyclic) bond motifs is 2. The van der Waals surface area contributed by atoms with Gasteiger partial charge in [0.25, 0.3) is 16.0 Å². The van der Waals surface area contributed by atoms with E-state index in [0.29, 0.717) is 55.1 Å². The molecule has 0 unspecified atom stereocenters. The van der Waals surface area contributed by atoms with E-state index in [-0.39, 0.29) is 10.6 Å². The number of thiazole rings is 2. The smallest absolute Gasteiger partial charge is 0.322 e. The zero-order chi connectivity index (χ0) is 32.0. The van der Waals surface area contributed by atoms with Crippen LogP contribution in [-0.2, 0) is 16.3 Å². The van der Waals surface area contributed by atoms with Crippen LogP contribution in [0.15, 0.2) is 83.9 Å². The first kappa shape index (κ1) is 31.2. The highest BCUT2D eigenvalue weighted by atomic mass is 32.2. The predicted octanol–water partition coefficient (Wildman–Crippen LogP) is 8.19. The van der Waals surface area contributed by atoms with Gasteiger partial charge in [-0.05, 0) is 79.6 Å². The van der Waals surface area contributed by atoms with Crippen molar-refractivity contribution in [3.63, 3.8) is 0 Å². The van der Waals surface area contributed by atoms with Crippen molar-refractivity contribution in [2.45, 2.75) is 24.9 Å². The van der Waals surface area contributed by atoms with E-state index < -0.39 is 39.1 Å². The lowest BCUT2D eigenvalue weighted by Crippen LogP contribution is -2.23. The van der Waals surface area contributed by atoms with E-state index in [1.54, 1.807) is 44.2 Å². The molecule has 5 aromatic rings. The Balaban J connectivity index is 1.40. The molecule has 0 radical (unpaired) electrons. The summed E-state index contributed by atoms with van der Waals surface area (Å²) in [6.45, 7) is 6.97. The SMILES string of the molecule is C=C/C(=C\C=C(/C)c1nc2ccc(-c3nc4ccc(C)c(S(=O)(=O)O)c4s3)cc2s1)NC(=O)c1cc(C(F)(F)F)ccc1F. The van der Waals surface area contributed by atoms with Crippen LogP contribution >= 0.6 is 22.7 Å². The topological polar surface area (TPSA) is 109 Å². The lowest BCUT2D eigenvalue weighted by Gasteiger charge is -2.10. The number of carbonyl (C=O) groups excluding carboxylic acids is 1. The number of hydrogen-bond donors (Lipinski definition) is 2. The fraction of sp³-hybridized carbons (Fsp3) is 0.100. The summed E-state index contributed by atoms with van der Waals surface area (Å²) < 4.78 is 88.1. The molecule has 5 rings (SSSR count). The normalized spacial score (nSPS) is 13.1. The Kier molecular flexibility index (Phi) is 8.29. The lowest BCUT2D eigenvalue weighted by atomic mass is 10.1. The molecule has 1 amide bonds. The molecule has 7 nitrogen and oxygen atoms in total. The fourth-order valence-electron chi connectivity index (χ4n) is 4.26. The van der Waals surface area contributed by atoms with Gasteiger partial charge in [0.15, 0.2) is 0 Å². The van der Waals surface area contributed by atoms with Crippen LogP contribution in [0, 0.1) is 12.7 Å². The Hall–Kier alpha value is -4.24. The molecular weight excluding hydrogens is 639 g/mol. The van der Waals surface area contributed by atoms with E-state index in [4.69, 9.17) is 0 Å². The number of allylic oxidation sites excluding steroid dienone is 4. The van der Waals surface area contributed by atoms with E-state index in [1.807, 2.05) is 6.07 Å². The first-order valence-electron chi connectivity index (χ1n) is 12.6. The quantitative estimate of drug-likeness (QED) is 0.104. The van der Waals surface area contributed by atoms with Gasteiger partial charge in [-0.15, -0.1) is 22.7 Å². The molecule has 0 saturated carbocycles. The second kappa shape index (κ2) is 11.7. The van der Waals surface area contributed by atoms with Crippen molar-refractivity contribution in [1.82, 2.24) is 15.3 Å². The van der Waals surface area contributed by atoms with Crippen LogP contribution in [0.2, 0.25) is 0 Å². The number of benzene rings is 3. The first-order chi connectivity index (χ1) is 20.7. The average molecular weight is 660 g/mol. The van der Waals surface area contributed by atoms with Crippen LogP contribution in [0.25, 0.3) is 36.6 Å². The zero-order valence-corrected chi connectivity index (χ0v) is 25.3. The maximum atomic E-state index is 14.1. The second-order valence-corrected chi connectivity index (χ2v) is 13.0. The van der Waals surface area contributed by atoms with Crippen LogP contribution in [0.4, 0.5) is 17.6 Å². The minimum atomic E-state index is -4.74. The van der Waals surface area contributed by atoms with Crippen LogP contribution < -0.4 is 5.32 Å². The molecule has 0 aliphatic carbocycles. The third-order valence-electron chi connectivity index (χ3n) is 6.47. The molecule has 0 spiro atoms. The number of nitrogens with zero attached hydrogens (tertiary/aromatic N) is 2. The summed E-state index contributed by atoms with van der Waals surface area (Å²) in [4.78, 5) is 21.6. The van der Waals surface area contributed by atoms with E-state index in [0.717, 1.165) is 21.6 Å². The van der Waals surface area contributed by atoms with Crippen molar-refractivity contribution in [3.8, 4) is 10.6 Å². The molecule has 0 aliphatic heterocycles. The Morgan fingerprint density at radius 1 is 1.02 bits per heavy atom. The van der Waals surface area contributed by atoms with Gasteiger partial charge in [-0.25, -0.2) is 14.4 Å². The molecule has 3 aromatic carbocycles. The summed E-state index contributed by atoms with van der Waals surface area (Å²) in [6, 6.07) is 10.4. The number of amides is 1. The third-order valence-corrected chi connectivity index (χ3v) is 9.93. The van der Waals surface area contributed by atoms with E-state index >= 15 is 0 Å². The van der Waals surface area contributed by atoms with Gasteiger partial charge in [0, 0.05) is 11.3 Å². The van der Waals surface area contributed by atoms with Crippen LogP contribution in [0.3, 0.4) is 0 Å². The van der Waals surface area contributed by atoms with Gasteiger partial charge in [-0.2, -0.15) is 21.6 Å². The van der Waals surface area contributed by atoms with Gasteiger partial charge in [0.05, 0.1) is 31.6 Å². The number of alkyl halides is 3. The number of hydrogen-bond acceptors (Lipinski definition) is 7.